The predicted molar refractivity (Wildman–Crippen MR) is 84.7 cm³/mol. The van der Waals surface area contributed by atoms with Gasteiger partial charge in [-0.3, -0.25) is 4.79 Å². The number of halogens is 1. The van der Waals surface area contributed by atoms with Gasteiger partial charge < -0.3 is 5.32 Å². The van der Waals surface area contributed by atoms with Crippen LogP contribution in [0.4, 0.5) is 4.39 Å². The molecule has 0 spiro atoms. The van der Waals surface area contributed by atoms with Gasteiger partial charge in [0, 0.05) is 4.88 Å². The average molecular weight is 341 g/mol. The van der Waals surface area contributed by atoms with Crippen molar-refractivity contribution in [2.24, 2.45) is 0 Å². The van der Waals surface area contributed by atoms with Crippen LogP contribution in [0.15, 0.2) is 41.8 Å². The molecular weight excluding hydrogens is 325 g/mol. The van der Waals surface area contributed by atoms with E-state index in [0.717, 1.165) is 10.9 Å². The summed E-state index contributed by atoms with van der Waals surface area (Å²) in [4.78, 5) is 12.9. The first kappa shape index (κ1) is 16.6. The maximum absolute atomic E-state index is 13.1. The Labute approximate surface area is 132 Å². The number of thiophene rings is 1. The molecule has 0 bridgehead atoms. The van der Waals surface area contributed by atoms with Gasteiger partial charge in [0.05, 0.1) is 12.3 Å². The van der Waals surface area contributed by atoms with Crippen molar-refractivity contribution in [3.8, 4) is 0 Å². The molecule has 7 heteroatoms. The minimum Gasteiger partial charge on any atom is -0.350 e. The lowest BCUT2D eigenvalue weighted by Gasteiger charge is -2.13. The summed E-state index contributed by atoms with van der Waals surface area (Å²) in [6.07, 6.45) is 0. The maximum atomic E-state index is 13.1. The summed E-state index contributed by atoms with van der Waals surface area (Å²) in [6, 6.07) is 9.09. The second-order valence-corrected chi connectivity index (χ2v) is 8.23. The van der Waals surface area contributed by atoms with Crippen LogP contribution in [0.3, 0.4) is 0 Å². The highest BCUT2D eigenvalue weighted by molar-refractivity contribution is 7.92. The van der Waals surface area contributed by atoms with Crippen molar-refractivity contribution in [1.82, 2.24) is 5.32 Å². The highest BCUT2D eigenvalue weighted by Gasteiger charge is 2.28. The van der Waals surface area contributed by atoms with Gasteiger partial charge in [-0.1, -0.05) is 18.2 Å². The van der Waals surface area contributed by atoms with Gasteiger partial charge in [-0.05, 0) is 36.1 Å². The fourth-order valence-corrected chi connectivity index (χ4v) is 3.83. The molecule has 2 aromatic rings. The summed E-state index contributed by atoms with van der Waals surface area (Å²) in [6.45, 7) is 1.65. The summed E-state index contributed by atoms with van der Waals surface area (Å²) in [5.41, 5.74) is 0.331. The average Bonchev–Trinajstić information content (AvgIpc) is 2.96. The number of amides is 1. The van der Waals surface area contributed by atoms with E-state index in [2.05, 4.69) is 5.32 Å². The Morgan fingerprint density at radius 1 is 1.32 bits per heavy atom. The van der Waals surface area contributed by atoms with E-state index in [4.69, 9.17) is 0 Å². The molecule has 118 valence electrons. The molecule has 0 saturated heterocycles. The number of hydrogen-bond donors (Lipinski definition) is 1. The van der Waals surface area contributed by atoms with Crippen LogP contribution in [0.25, 0.3) is 0 Å². The van der Waals surface area contributed by atoms with Crippen molar-refractivity contribution in [2.45, 2.75) is 24.5 Å². The van der Waals surface area contributed by atoms with Crippen LogP contribution >= 0.6 is 11.3 Å². The molecule has 22 heavy (non-hydrogen) atoms. The lowest BCUT2D eigenvalue weighted by Crippen LogP contribution is -2.38. The highest BCUT2D eigenvalue weighted by atomic mass is 32.2. The molecule has 0 saturated carbocycles. The summed E-state index contributed by atoms with van der Waals surface area (Å²) in [5, 5.41) is 3.30. The quantitative estimate of drug-likeness (QED) is 0.878. The van der Waals surface area contributed by atoms with Crippen molar-refractivity contribution in [1.29, 1.82) is 0 Å². The summed E-state index contributed by atoms with van der Waals surface area (Å²) in [7, 11) is -3.70. The second-order valence-electron chi connectivity index (χ2n) is 4.88. The molecule has 0 fully saturated rings. The Balaban J connectivity index is 2.00. The van der Waals surface area contributed by atoms with Gasteiger partial charge in [-0.25, -0.2) is 12.8 Å². The van der Waals surface area contributed by atoms with Gasteiger partial charge in [0.1, 0.15) is 11.1 Å². The van der Waals surface area contributed by atoms with Gasteiger partial charge in [0.15, 0.2) is 9.84 Å². The zero-order chi connectivity index (χ0) is 16.2. The van der Waals surface area contributed by atoms with Gasteiger partial charge in [-0.15, -0.1) is 11.3 Å². The minimum atomic E-state index is -3.70. The molecule has 1 atom stereocenters. The third-order valence-corrected chi connectivity index (χ3v) is 6.09. The fraction of sp³-hybridized carbons (Fsp3) is 0.267. The molecule has 1 amide bonds. The Hall–Kier alpha value is -1.73. The summed E-state index contributed by atoms with van der Waals surface area (Å²) in [5.74, 6) is -1.41. The zero-order valence-electron chi connectivity index (χ0n) is 12.0. The first-order valence-electron chi connectivity index (χ1n) is 6.64. The smallest absolute Gasteiger partial charge is 0.238 e. The van der Waals surface area contributed by atoms with E-state index < -0.39 is 26.8 Å². The molecule has 0 radical (unpaired) electrons. The van der Waals surface area contributed by atoms with Crippen LogP contribution in [0.5, 0.6) is 0 Å². The third-order valence-electron chi connectivity index (χ3n) is 3.18. The number of nitrogens with one attached hydrogen (secondary N) is 1. The van der Waals surface area contributed by atoms with Gasteiger partial charge >= 0.3 is 0 Å². The standard InChI is InChI=1S/C15H16FNO3S2/c1-11(15(18)17-9-14-6-3-7-21-14)22(19,20)10-12-4-2-5-13(16)8-12/h2-8,11H,9-10H2,1H3,(H,17,18). The molecular formula is C15H16FNO3S2. The molecule has 1 aromatic heterocycles. The monoisotopic (exact) mass is 341 g/mol. The lowest BCUT2D eigenvalue weighted by atomic mass is 10.2. The zero-order valence-corrected chi connectivity index (χ0v) is 13.6. The molecule has 1 unspecified atom stereocenters. The van der Waals surface area contributed by atoms with E-state index >= 15 is 0 Å². The van der Waals surface area contributed by atoms with E-state index in [-0.39, 0.29) is 5.75 Å². The highest BCUT2D eigenvalue weighted by Crippen LogP contribution is 2.13. The topological polar surface area (TPSA) is 63.2 Å². The number of benzene rings is 1. The Kier molecular flexibility index (Phi) is 5.31. The molecule has 4 nitrogen and oxygen atoms in total. The normalized spacial score (nSPS) is 12.8. The van der Waals surface area contributed by atoms with Gasteiger partial charge in [0.25, 0.3) is 0 Å². The van der Waals surface area contributed by atoms with Crippen LogP contribution < -0.4 is 5.32 Å². The van der Waals surface area contributed by atoms with Crippen molar-refractivity contribution in [3.63, 3.8) is 0 Å². The molecule has 1 N–H and O–H groups in total. The van der Waals surface area contributed by atoms with Crippen LogP contribution in [0.1, 0.15) is 17.4 Å². The first-order valence-corrected chi connectivity index (χ1v) is 9.24. The van der Waals surface area contributed by atoms with Crippen molar-refractivity contribution in [3.05, 3.63) is 58.0 Å². The van der Waals surface area contributed by atoms with E-state index in [1.807, 2.05) is 17.5 Å². The Morgan fingerprint density at radius 2 is 2.09 bits per heavy atom. The van der Waals surface area contributed by atoms with Crippen LogP contribution in [0.2, 0.25) is 0 Å². The molecule has 0 aliphatic heterocycles. The molecule has 1 heterocycles. The van der Waals surface area contributed by atoms with E-state index in [1.165, 1.54) is 36.5 Å². The number of sulfone groups is 1. The number of rotatable bonds is 6. The first-order chi connectivity index (χ1) is 10.4. The van der Waals surface area contributed by atoms with Crippen LogP contribution in [0, 0.1) is 5.82 Å². The van der Waals surface area contributed by atoms with Crippen LogP contribution in [-0.2, 0) is 26.9 Å². The second kappa shape index (κ2) is 7.02. The lowest BCUT2D eigenvalue weighted by molar-refractivity contribution is -0.120. The van der Waals surface area contributed by atoms with Crippen molar-refractivity contribution in [2.75, 3.05) is 0 Å². The molecule has 1 aromatic carbocycles. The van der Waals surface area contributed by atoms with E-state index in [9.17, 15) is 17.6 Å². The summed E-state index contributed by atoms with van der Waals surface area (Å²) >= 11 is 1.48. The fourth-order valence-electron chi connectivity index (χ4n) is 1.88. The van der Waals surface area contributed by atoms with Gasteiger partial charge in [0.2, 0.25) is 5.91 Å². The van der Waals surface area contributed by atoms with Crippen molar-refractivity contribution < 1.29 is 17.6 Å². The number of carbonyl (C=O) groups is 1. The summed E-state index contributed by atoms with van der Waals surface area (Å²) < 4.78 is 37.6. The van der Waals surface area contributed by atoms with E-state index in [1.54, 1.807) is 0 Å². The number of hydrogen-bond acceptors (Lipinski definition) is 4. The maximum Gasteiger partial charge on any atom is 0.238 e. The predicted octanol–water partition coefficient (Wildman–Crippen LogP) is 2.51. The third kappa shape index (κ3) is 4.38. The SMILES string of the molecule is CC(C(=O)NCc1cccs1)S(=O)(=O)Cc1cccc(F)c1. The van der Waals surface area contributed by atoms with E-state index in [0.29, 0.717) is 12.1 Å². The molecule has 2 rings (SSSR count). The molecule has 0 aliphatic rings. The van der Waals surface area contributed by atoms with Gasteiger partial charge in [-0.2, -0.15) is 0 Å². The van der Waals surface area contributed by atoms with Crippen molar-refractivity contribution >= 4 is 27.1 Å². The molecule has 0 aliphatic carbocycles. The Bertz CT molecular complexity index is 742. The minimum absolute atomic E-state index is 0.302. The largest absolute Gasteiger partial charge is 0.350 e. The number of carbonyl (C=O) groups excluding carboxylic acids is 1. The Morgan fingerprint density at radius 3 is 2.73 bits per heavy atom. The van der Waals surface area contributed by atoms with Crippen LogP contribution in [-0.4, -0.2) is 19.6 Å².